The fourth-order valence-corrected chi connectivity index (χ4v) is 1.87. The highest BCUT2D eigenvalue weighted by Crippen LogP contribution is 2.38. The summed E-state index contributed by atoms with van der Waals surface area (Å²) in [6, 6.07) is 10.5. The van der Waals surface area contributed by atoms with Crippen LogP contribution in [0.5, 0.6) is 0 Å². The van der Waals surface area contributed by atoms with Gasteiger partial charge in [0.25, 0.3) is 0 Å². The lowest BCUT2D eigenvalue weighted by atomic mass is 9.96. The SMILES string of the molecule is Cc1ccc(N)c(-c2ccccc2C(F)(F)F)c1. The van der Waals surface area contributed by atoms with E-state index in [1.165, 1.54) is 12.1 Å². The van der Waals surface area contributed by atoms with Gasteiger partial charge < -0.3 is 5.73 Å². The monoisotopic (exact) mass is 251 g/mol. The maximum absolute atomic E-state index is 12.9. The van der Waals surface area contributed by atoms with Crippen LogP contribution in [0.15, 0.2) is 42.5 Å². The molecule has 0 aromatic heterocycles. The first-order chi connectivity index (χ1) is 8.39. The molecule has 2 N–H and O–H groups in total. The number of halogens is 3. The molecular weight excluding hydrogens is 239 g/mol. The van der Waals surface area contributed by atoms with E-state index in [4.69, 9.17) is 5.73 Å². The van der Waals surface area contributed by atoms with Gasteiger partial charge in [-0.25, -0.2) is 0 Å². The van der Waals surface area contributed by atoms with Crippen molar-refractivity contribution in [2.24, 2.45) is 0 Å². The molecule has 2 aromatic carbocycles. The fourth-order valence-electron chi connectivity index (χ4n) is 1.87. The lowest BCUT2D eigenvalue weighted by molar-refractivity contribution is -0.137. The zero-order valence-electron chi connectivity index (χ0n) is 9.75. The van der Waals surface area contributed by atoms with E-state index in [9.17, 15) is 13.2 Å². The molecule has 0 unspecified atom stereocenters. The maximum Gasteiger partial charge on any atom is 0.417 e. The molecule has 0 aliphatic rings. The summed E-state index contributed by atoms with van der Waals surface area (Å²) in [6.07, 6.45) is -4.38. The highest BCUT2D eigenvalue weighted by Gasteiger charge is 2.33. The molecule has 94 valence electrons. The smallest absolute Gasteiger partial charge is 0.398 e. The number of rotatable bonds is 1. The highest BCUT2D eigenvalue weighted by atomic mass is 19.4. The minimum absolute atomic E-state index is 0.117. The molecule has 0 heterocycles. The van der Waals surface area contributed by atoms with Gasteiger partial charge in [0.05, 0.1) is 5.56 Å². The Labute approximate surface area is 103 Å². The van der Waals surface area contributed by atoms with Crippen LogP contribution in [0.25, 0.3) is 11.1 Å². The van der Waals surface area contributed by atoms with Crippen LogP contribution in [-0.2, 0) is 6.18 Å². The Hall–Kier alpha value is -1.97. The topological polar surface area (TPSA) is 26.0 Å². The third-order valence-electron chi connectivity index (χ3n) is 2.73. The van der Waals surface area contributed by atoms with Crippen LogP contribution in [0.2, 0.25) is 0 Å². The van der Waals surface area contributed by atoms with Crippen molar-refractivity contribution in [2.45, 2.75) is 13.1 Å². The predicted octanol–water partition coefficient (Wildman–Crippen LogP) is 4.26. The normalized spacial score (nSPS) is 11.6. The average Bonchev–Trinajstić information content (AvgIpc) is 2.31. The van der Waals surface area contributed by atoms with E-state index in [2.05, 4.69) is 0 Å². The number of hydrogen-bond donors (Lipinski definition) is 1. The Morgan fingerprint density at radius 1 is 0.944 bits per heavy atom. The van der Waals surface area contributed by atoms with Crippen molar-refractivity contribution in [3.63, 3.8) is 0 Å². The van der Waals surface area contributed by atoms with E-state index in [-0.39, 0.29) is 5.56 Å². The molecule has 0 spiro atoms. The zero-order chi connectivity index (χ0) is 13.3. The largest absolute Gasteiger partial charge is 0.417 e. The van der Waals surface area contributed by atoms with Crippen LogP contribution in [-0.4, -0.2) is 0 Å². The van der Waals surface area contributed by atoms with Crippen molar-refractivity contribution >= 4 is 5.69 Å². The number of benzene rings is 2. The van der Waals surface area contributed by atoms with E-state index in [0.29, 0.717) is 11.3 Å². The van der Waals surface area contributed by atoms with Gasteiger partial charge in [-0.15, -0.1) is 0 Å². The van der Waals surface area contributed by atoms with Gasteiger partial charge in [0.15, 0.2) is 0 Å². The molecule has 0 fully saturated rings. The lowest BCUT2D eigenvalue weighted by Crippen LogP contribution is -2.07. The van der Waals surface area contributed by atoms with Gasteiger partial charge in [-0.05, 0) is 30.7 Å². The van der Waals surface area contributed by atoms with E-state index < -0.39 is 11.7 Å². The minimum atomic E-state index is -4.38. The summed E-state index contributed by atoms with van der Waals surface area (Å²) >= 11 is 0. The first-order valence-electron chi connectivity index (χ1n) is 5.42. The van der Waals surface area contributed by atoms with Crippen molar-refractivity contribution in [3.05, 3.63) is 53.6 Å². The second kappa shape index (κ2) is 4.37. The van der Waals surface area contributed by atoms with Gasteiger partial charge in [-0.3, -0.25) is 0 Å². The molecule has 4 heteroatoms. The predicted molar refractivity (Wildman–Crippen MR) is 66.0 cm³/mol. The standard InChI is InChI=1S/C14H12F3N/c1-9-6-7-13(18)11(8-9)10-4-2-3-5-12(10)14(15,16)17/h2-8H,18H2,1H3. The summed E-state index contributed by atoms with van der Waals surface area (Å²) in [4.78, 5) is 0. The van der Waals surface area contributed by atoms with Crippen LogP contribution in [0.1, 0.15) is 11.1 Å². The third kappa shape index (κ3) is 2.32. The van der Waals surface area contributed by atoms with Gasteiger partial charge in [0.1, 0.15) is 0 Å². The maximum atomic E-state index is 12.9. The Morgan fingerprint density at radius 3 is 2.28 bits per heavy atom. The third-order valence-corrected chi connectivity index (χ3v) is 2.73. The van der Waals surface area contributed by atoms with Gasteiger partial charge in [0, 0.05) is 11.3 Å². The molecule has 0 radical (unpaired) electrons. The van der Waals surface area contributed by atoms with Crippen LogP contribution in [0.3, 0.4) is 0 Å². The van der Waals surface area contributed by atoms with Crippen molar-refractivity contribution in [1.29, 1.82) is 0 Å². The molecule has 0 saturated carbocycles. The molecule has 0 aliphatic carbocycles. The molecule has 0 aliphatic heterocycles. The average molecular weight is 251 g/mol. The van der Waals surface area contributed by atoms with Crippen molar-refractivity contribution < 1.29 is 13.2 Å². The lowest BCUT2D eigenvalue weighted by Gasteiger charge is -2.14. The number of alkyl halides is 3. The van der Waals surface area contributed by atoms with Crippen molar-refractivity contribution in [2.75, 3.05) is 5.73 Å². The number of anilines is 1. The number of aryl methyl sites for hydroxylation is 1. The number of nitrogens with two attached hydrogens (primary N) is 1. The van der Waals surface area contributed by atoms with Gasteiger partial charge >= 0.3 is 6.18 Å². The van der Waals surface area contributed by atoms with Crippen LogP contribution in [0, 0.1) is 6.92 Å². The first-order valence-corrected chi connectivity index (χ1v) is 5.42. The molecule has 1 nitrogen and oxygen atoms in total. The molecular formula is C14H12F3N. The minimum Gasteiger partial charge on any atom is -0.398 e. The van der Waals surface area contributed by atoms with Crippen molar-refractivity contribution in [3.8, 4) is 11.1 Å². The van der Waals surface area contributed by atoms with Crippen LogP contribution < -0.4 is 5.73 Å². The molecule has 0 bridgehead atoms. The van der Waals surface area contributed by atoms with Gasteiger partial charge in [-0.2, -0.15) is 13.2 Å². The van der Waals surface area contributed by atoms with Gasteiger partial charge in [0.2, 0.25) is 0 Å². The second-order valence-electron chi connectivity index (χ2n) is 4.13. The fraction of sp³-hybridized carbons (Fsp3) is 0.143. The second-order valence-corrected chi connectivity index (χ2v) is 4.13. The summed E-state index contributed by atoms with van der Waals surface area (Å²) in [5, 5.41) is 0. The van der Waals surface area contributed by atoms with Crippen LogP contribution >= 0.6 is 0 Å². The summed E-state index contributed by atoms with van der Waals surface area (Å²) in [5.74, 6) is 0. The Morgan fingerprint density at radius 2 is 1.61 bits per heavy atom. The molecule has 2 aromatic rings. The first kappa shape index (κ1) is 12.5. The summed E-state index contributed by atoms with van der Waals surface area (Å²) in [5.41, 5.74) is 6.85. The zero-order valence-corrected chi connectivity index (χ0v) is 9.75. The van der Waals surface area contributed by atoms with Gasteiger partial charge in [-0.1, -0.05) is 29.8 Å². The number of nitrogen functional groups attached to an aromatic ring is 1. The van der Waals surface area contributed by atoms with E-state index in [1.807, 2.05) is 6.92 Å². The highest BCUT2D eigenvalue weighted by molar-refractivity contribution is 5.79. The Bertz CT molecular complexity index is 573. The number of hydrogen-bond acceptors (Lipinski definition) is 1. The quantitative estimate of drug-likeness (QED) is 0.753. The van der Waals surface area contributed by atoms with E-state index >= 15 is 0 Å². The van der Waals surface area contributed by atoms with E-state index in [0.717, 1.165) is 11.6 Å². The molecule has 18 heavy (non-hydrogen) atoms. The Balaban J connectivity index is 2.68. The summed E-state index contributed by atoms with van der Waals surface area (Å²) in [6.45, 7) is 1.82. The molecule has 0 saturated heterocycles. The van der Waals surface area contributed by atoms with E-state index in [1.54, 1.807) is 24.3 Å². The Kier molecular flexibility index (Phi) is 3.03. The molecule has 0 amide bonds. The summed E-state index contributed by atoms with van der Waals surface area (Å²) in [7, 11) is 0. The van der Waals surface area contributed by atoms with Crippen molar-refractivity contribution in [1.82, 2.24) is 0 Å². The van der Waals surface area contributed by atoms with Crippen LogP contribution in [0.4, 0.5) is 18.9 Å². The molecule has 2 rings (SSSR count). The molecule has 0 atom stereocenters. The summed E-state index contributed by atoms with van der Waals surface area (Å²) < 4.78 is 38.8.